The quantitative estimate of drug-likeness (QED) is 0.904. The third kappa shape index (κ3) is 3.25. The summed E-state index contributed by atoms with van der Waals surface area (Å²) in [4.78, 5) is 28.1. The number of nitrogens with two attached hydrogens (primary N) is 1. The van der Waals surface area contributed by atoms with Crippen LogP contribution in [-0.2, 0) is 16.0 Å². The molecule has 0 radical (unpaired) electrons. The van der Waals surface area contributed by atoms with Crippen LogP contribution in [0.15, 0.2) is 24.3 Å². The van der Waals surface area contributed by atoms with Gasteiger partial charge in [-0.3, -0.25) is 9.59 Å². The second-order valence-corrected chi connectivity index (χ2v) is 6.57. The number of nitrogens with zero attached hydrogens (tertiary/aromatic N) is 2. The van der Waals surface area contributed by atoms with E-state index in [1.54, 1.807) is 17.0 Å². The summed E-state index contributed by atoms with van der Waals surface area (Å²) >= 11 is 5.84. The smallest absolute Gasteiger partial charge is 0.242 e. The van der Waals surface area contributed by atoms with Gasteiger partial charge in [-0.2, -0.15) is 0 Å². The van der Waals surface area contributed by atoms with Gasteiger partial charge in [-0.05, 0) is 30.5 Å². The van der Waals surface area contributed by atoms with E-state index in [0.29, 0.717) is 37.6 Å². The van der Waals surface area contributed by atoms with Crippen LogP contribution in [0.1, 0.15) is 18.4 Å². The molecule has 1 aromatic rings. The predicted octanol–water partition coefficient (Wildman–Crippen LogP) is 1.04. The lowest BCUT2D eigenvalue weighted by Crippen LogP contribution is -2.55. The van der Waals surface area contributed by atoms with Crippen LogP contribution in [0, 0.1) is 0 Å². The number of hydrogen-bond acceptors (Lipinski definition) is 3. The Morgan fingerprint density at radius 1 is 1.05 bits per heavy atom. The number of benzene rings is 1. The lowest BCUT2D eigenvalue weighted by Gasteiger charge is -2.36. The van der Waals surface area contributed by atoms with Gasteiger partial charge in [-0.15, -0.1) is 0 Å². The second-order valence-electron chi connectivity index (χ2n) is 6.13. The number of carbonyl (C=O) groups excluding carboxylic acids is 2. The van der Waals surface area contributed by atoms with Crippen LogP contribution in [0.25, 0.3) is 0 Å². The summed E-state index contributed by atoms with van der Waals surface area (Å²) in [6.07, 6.45) is 1.93. The van der Waals surface area contributed by atoms with Crippen LogP contribution in [0.2, 0.25) is 5.02 Å². The van der Waals surface area contributed by atoms with E-state index in [2.05, 4.69) is 0 Å². The lowest BCUT2D eigenvalue weighted by molar-refractivity contribution is -0.140. The molecule has 0 aromatic heterocycles. The molecule has 0 atom stereocenters. The van der Waals surface area contributed by atoms with E-state index in [-0.39, 0.29) is 11.8 Å². The zero-order valence-corrected chi connectivity index (χ0v) is 13.2. The first kappa shape index (κ1) is 15.3. The average molecular weight is 322 g/mol. The fraction of sp³-hybridized carbons (Fsp3) is 0.500. The minimum absolute atomic E-state index is 0.0392. The number of carbonyl (C=O) groups is 2. The van der Waals surface area contributed by atoms with E-state index < -0.39 is 5.54 Å². The van der Waals surface area contributed by atoms with Crippen molar-refractivity contribution >= 4 is 23.4 Å². The Kier molecular flexibility index (Phi) is 4.10. The molecule has 0 spiro atoms. The molecule has 2 aliphatic rings. The van der Waals surface area contributed by atoms with Gasteiger partial charge in [0.05, 0.1) is 12.0 Å². The van der Waals surface area contributed by atoms with Gasteiger partial charge in [-0.25, -0.2) is 0 Å². The van der Waals surface area contributed by atoms with Crippen molar-refractivity contribution in [1.29, 1.82) is 0 Å². The zero-order valence-electron chi connectivity index (χ0n) is 12.4. The van der Waals surface area contributed by atoms with Gasteiger partial charge in [0.25, 0.3) is 0 Å². The molecule has 0 unspecified atom stereocenters. The van der Waals surface area contributed by atoms with Gasteiger partial charge in [0.2, 0.25) is 11.8 Å². The maximum Gasteiger partial charge on any atom is 0.242 e. The Morgan fingerprint density at radius 2 is 1.59 bits per heavy atom. The highest BCUT2D eigenvalue weighted by Crippen LogP contribution is 2.34. The average Bonchev–Trinajstić information content (AvgIpc) is 3.28. The van der Waals surface area contributed by atoms with Crippen LogP contribution in [0.3, 0.4) is 0 Å². The number of halogens is 1. The topological polar surface area (TPSA) is 66.6 Å². The molecule has 1 saturated carbocycles. The van der Waals surface area contributed by atoms with Crippen molar-refractivity contribution in [3.05, 3.63) is 34.9 Å². The third-order valence-corrected chi connectivity index (χ3v) is 4.65. The van der Waals surface area contributed by atoms with Gasteiger partial charge in [-0.1, -0.05) is 23.7 Å². The number of rotatable bonds is 3. The molecule has 1 aromatic carbocycles. The zero-order chi connectivity index (χ0) is 15.7. The monoisotopic (exact) mass is 321 g/mol. The maximum atomic E-state index is 12.3. The molecule has 1 aliphatic carbocycles. The van der Waals surface area contributed by atoms with E-state index in [0.717, 1.165) is 18.4 Å². The van der Waals surface area contributed by atoms with E-state index in [1.807, 2.05) is 17.0 Å². The van der Waals surface area contributed by atoms with Gasteiger partial charge in [0, 0.05) is 31.2 Å². The highest BCUT2D eigenvalue weighted by atomic mass is 35.5. The first-order chi connectivity index (χ1) is 10.5. The van der Waals surface area contributed by atoms with Crippen molar-refractivity contribution in [2.24, 2.45) is 5.73 Å². The molecule has 22 heavy (non-hydrogen) atoms. The molecular weight excluding hydrogens is 302 g/mol. The van der Waals surface area contributed by atoms with Gasteiger partial charge >= 0.3 is 0 Å². The number of piperazine rings is 1. The summed E-state index contributed by atoms with van der Waals surface area (Å²) in [5.41, 5.74) is 6.28. The van der Waals surface area contributed by atoms with E-state index in [1.165, 1.54) is 0 Å². The molecule has 1 saturated heterocycles. The van der Waals surface area contributed by atoms with Crippen molar-refractivity contribution in [2.75, 3.05) is 26.2 Å². The van der Waals surface area contributed by atoms with Crippen LogP contribution in [0.4, 0.5) is 0 Å². The van der Waals surface area contributed by atoms with Crippen LogP contribution in [0.5, 0.6) is 0 Å². The fourth-order valence-corrected chi connectivity index (χ4v) is 2.84. The molecule has 6 heteroatoms. The van der Waals surface area contributed by atoms with Gasteiger partial charge in [0.15, 0.2) is 0 Å². The van der Waals surface area contributed by atoms with Crippen LogP contribution >= 0.6 is 11.6 Å². The molecule has 3 rings (SSSR count). The molecule has 1 aliphatic heterocycles. The Labute approximate surface area is 135 Å². The summed E-state index contributed by atoms with van der Waals surface area (Å²) < 4.78 is 0. The Balaban J connectivity index is 1.51. The molecule has 2 N–H and O–H groups in total. The highest BCUT2D eigenvalue weighted by Gasteiger charge is 2.48. The number of hydrogen-bond donors (Lipinski definition) is 1. The predicted molar refractivity (Wildman–Crippen MR) is 84.5 cm³/mol. The fourth-order valence-electron chi connectivity index (χ4n) is 2.71. The molecule has 0 bridgehead atoms. The SMILES string of the molecule is NC1(C(=O)N2CCN(C(=O)Cc3ccc(Cl)cc3)CC2)CC1. The van der Waals surface area contributed by atoms with E-state index >= 15 is 0 Å². The first-order valence-electron chi connectivity index (χ1n) is 7.58. The standard InChI is InChI=1S/C16H20ClN3O2/c17-13-3-1-12(2-4-13)11-14(21)19-7-9-20(10-8-19)15(22)16(18)5-6-16/h1-4H,5-11,18H2. The molecule has 1 heterocycles. The molecule has 2 fully saturated rings. The lowest BCUT2D eigenvalue weighted by atomic mass is 10.1. The van der Waals surface area contributed by atoms with Crippen molar-refractivity contribution in [3.8, 4) is 0 Å². The molecular formula is C16H20ClN3O2. The normalized spacial score (nSPS) is 19.9. The summed E-state index contributed by atoms with van der Waals surface area (Å²) in [6, 6.07) is 7.31. The van der Waals surface area contributed by atoms with E-state index in [9.17, 15) is 9.59 Å². The Morgan fingerprint density at radius 3 is 2.14 bits per heavy atom. The maximum absolute atomic E-state index is 12.3. The van der Waals surface area contributed by atoms with Crippen molar-refractivity contribution in [3.63, 3.8) is 0 Å². The molecule has 5 nitrogen and oxygen atoms in total. The van der Waals surface area contributed by atoms with Crippen LogP contribution in [-0.4, -0.2) is 53.3 Å². The Hall–Kier alpha value is -1.59. The summed E-state index contributed by atoms with van der Waals surface area (Å²) in [5.74, 6) is 0.126. The molecule has 118 valence electrons. The van der Waals surface area contributed by atoms with Gasteiger partial charge < -0.3 is 15.5 Å². The van der Waals surface area contributed by atoms with Crippen LogP contribution < -0.4 is 5.73 Å². The highest BCUT2D eigenvalue weighted by molar-refractivity contribution is 6.30. The van der Waals surface area contributed by atoms with Gasteiger partial charge in [0.1, 0.15) is 0 Å². The minimum Gasteiger partial charge on any atom is -0.339 e. The van der Waals surface area contributed by atoms with Crippen molar-refractivity contribution in [2.45, 2.75) is 24.8 Å². The van der Waals surface area contributed by atoms with Crippen molar-refractivity contribution in [1.82, 2.24) is 9.80 Å². The second kappa shape index (κ2) is 5.89. The number of amides is 2. The molecule has 2 amide bonds. The van der Waals surface area contributed by atoms with E-state index in [4.69, 9.17) is 17.3 Å². The Bertz CT molecular complexity index is 576. The summed E-state index contributed by atoms with van der Waals surface area (Å²) in [6.45, 7) is 2.30. The minimum atomic E-state index is -0.616. The largest absolute Gasteiger partial charge is 0.339 e. The third-order valence-electron chi connectivity index (χ3n) is 4.40. The first-order valence-corrected chi connectivity index (χ1v) is 7.96. The summed E-state index contributed by atoms with van der Waals surface area (Å²) in [7, 11) is 0. The summed E-state index contributed by atoms with van der Waals surface area (Å²) in [5, 5.41) is 0.666. The van der Waals surface area contributed by atoms with Crippen molar-refractivity contribution < 1.29 is 9.59 Å².